The van der Waals surface area contributed by atoms with Crippen molar-refractivity contribution in [2.24, 2.45) is 0 Å². The van der Waals surface area contributed by atoms with Crippen LogP contribution in [0.5, 0.6) is 0 Å². The van der Waals surface area contributed by atoms with E-state index in [1.165, 1.54) is 12.1 Å². The van der Waals surface area contributed by atoms with E-state index in [4.69, 9.17) is 0 Å². The molecule has 0 bridgehead atoms. The van der Waals surface area contributed by atoms with Crippen molar-refractivity contribution in [3.05, 3.63) is 29.6 Å². The predicted molar refractivity (Wildman–Crippen MR) is 67.9 cm³/mol. The maximum absolute atomic E-state index is 13.3. The summed E-state index contributed by atoms with van der Waals surface area (Å²) in [5, 5.41) is 3.53. The van der Waals surface area contributed by atoms with Gasteiger partial charge in [0.1, 0.15) is 5.82 Å². The van der Waals surface area contributed by atoms with E-state index in [1.54, 1.807) is 6.07 Å². The van der Waals surface area contributed by atoms with Crippen LogP contribution in [-0.4, -0.2) is 16.0 Å². The fourth-order valence-electron chi connectivity index (χ4n) is 2.25. The van der Waals surface area contributed by atoms with E-state index in [0.717, 1.165) is 29.8 Å². The van der Waals surface area contributed by atoms with E-state index < -0.39 is 10.8 Å². The zero-order valence-electron chi connectivity index (χ0n) is 10.2. The van der Waals surface area contributed by atoms with Gasteiger partial charge in [0.15, 0.2) is 0 Å². The van der Waals surface area contributed by atoms with Gasteiger partial charge in [-0.25, -0.2) is 4.39 Å². The summed E-state index contributed by atoms with van der Waals surface area (Å²) < 4.78 is 25.4. The summed E-state index contributed by atoms with van der Waals surface area (Å²) in [7, 11) is -1.00. The number of halogens is 1. The molecule has 0 amide bonds. The second kappa shape index (κ2) is 5.27. The molecule has 1 aliphatic rings. The smallest absolute Gasteiger partial charge is 0.123 e. The molecule has 17 heavy (non-hydrogen) atoms. The minimum atomic E-state index is -1.00. The van der Waals surface area contributed by atoms with Crippen LogP contribution in [0.1, 0.15) is 38.3 Å². The van der Waals surface area contributed by atoms with Gasteiger partial charge in [-0.15, -0.1) is 0 Å². The Kier molecular flexibility index (Phi) is 3.94. The minimum Gasteiger partial charge on any atom is -0.310 e. The molecule has 0 saturated carbocycles. The lowest BCUT2D eigenvalue weighted by Crippen LogP contribution is -2.32. The molecule has 2 nitrogen and oxygen atoms in total. The van der Waals surface area contributed by atoms with Gasteiger partial charge in [0.2, 0.25) is 0 Å². The Morgan fingerprint density at radius 2 is 2.29 bits per heavy atom. The van der Waals surface area contributed by atoms with Crippen molar-refractivity contribution in [2.45, 2.75) is 42.9 Å². The number of hydrogen-bond donors (Lipinski definition) is 1. The molecule has 1 aliphatic heterocycles. The first kappa shape index (κ1) is 12.7. The number of nitrogens with one attached hydrogen (secondary N) is 1. The SMILES string of the molecule is CCCNC1CC(C)S(=O)c2ccc(F)cc21. The van der Waals surface area contributed by atoms with E-state index in [9.17, 15) is 8.60 Å². The molecule has 0 fully saturated rings. The lowest BCUT2D eigenvalue weighted by atomic mass is 10.0. The quantitative estimate of drug-likeness (QED) is 0.900. The minimum absolute atomic E-state index is 0.127. The van der Waals surface area contributed by atoms with Crippen LogP contribution >= 0.6 is 0 Å². The maximum Gasteiger partial charge on any atom is 0.123 e. The molecule has 2 rings (SSSR count). The van der Waals surface area contributed by atoms with Gasteiger partial charge in [-0.3, -0.25) is 4.21 Å². The Hall–Kier alpha value is -0.740. The highest BCUT2D eigenvalue weighted by Crippen LogP contribution is 2.34. The highest BCUT2D eigenvalue weighted by molar-refractivity contribution is 7.85. The molecule has 3 atom stereocenters. The lowest BCUT2D eigenvalue weighted by Gasteiger charge is -2.29. The summed E-state index contributed by atoms with van der Waals surface area (Å²) in [5.41, 5.74) is 0.870. The van der Waals surface area contributed by atoms with Crippen LogP contribution < -0.4 is 5.32 Å². The molecule has 4 heteroatoms. The first-order chi connectivity index (χ1) is 8.13. The number of hydrogen-bond acceptors (Lipinski definition) is 2. The molecule has 1 N–H and O–H groups in total. The van der Waals surface area contributed by atoms with Crippen LogP contribution in [0.3, 0.4) is 0 Å². The Morgan fingerprint density at radius 3 is 3.00 bits per heavy atom. The van der Waals surface area contributed by atoms with Crippen molar-refractivity contribution >= 4 is 10.8 Å². The van der Waals surface area contributed by atoms with E-state index >= 15 is 0 Å². The molecule has 94 valence electrons. The van der Waals surface area contributed by atoms with Gasteiger partial charge in [0.25, 0.3) is 0 Å². The molecule has 1 heterocycles. The van der Waals surface area contributed by atoms with Crippen molar-refractivity contribution in [1.29, 1.82) is 0 Å². The number of benzene rings is 1. The summed E-state index contributed by atoms with van der Waals surface area (Å²) in [6.45, 7) is 4.99. The highest BCUT2D eigenvalue weighted by Gasteiger charge is 2.29. The van der Waals surface area contributed by atoms with Crippen LogP contribution in [0.2, 0.25) is 0 Å². The average Bonchev–Trinajstić information content (AvgIpc) is 2.32. The van der Waals surface area contributed by atoms with Crippen molar-refractivity contribution < 1.29 is 8.60 Å². The summed E-state index contributed by atoms with van der Waals surface area (Å²) in [5.74, 6) is -0.251. The fourth-order valence-corrected chi connectivity index (χ4v) is 3.69. The van der Waals surface area contributed by atoms with Crippen molar-refractivity contribution in [2.75, 3.05) is 6.54 Å². The molecule has 0 spiro atoms. The third kappa shape index (κ3) is 2.58. The van der Waals surface area contributed by atoms with Crippen molar-refractivity contribution in [3.63, 3.8) is 0 Å². The first-order valence-corrected chi connectivity index (χ1v) is 7.28. The van der Waals surface area contributed by atoms with Gasteiger partial charge in [-0.2, -0.15) is 0 Å². The molecule has 0 saturated heterocycles. The first-order valence-electron chi connectivity index (χ1n) is 6.07. The van der Waals surface area contributed by atoms with Gasteiger partial charge in [-0.05, 0) is 43.1 Å². The van der Waals surface area contributed by atoms with E-state index in [1.807, 2.05) is 6.92 Å². The zero-order chi connectivity index (χ0) is 12.4. The molecular formula is C13H18FNOS. The maximum atomic E-state index is 13.3. The largest absolute Gasteiger partial charge is 0.310 e. The van der Waals surface area contributed by atoms with Gasteiger partial charge >= 0.3 is 0 Å². The number of fused-ring (bicyclic) bond motifs is 1. The third-order valence-corrected chi connectivity index (χ3v) is 4.87. The van der Waals surface area contributed by atoms with Gasteiger partial charge in [-0.1, -0.05) is 13.8 Å². The van der Waals surface area contributed by atoms with Crippen molar-refractivity contribution in [3.8, 4) is 0 Å². The molecule has 0 aliphatic carbocycles. The standard InChI is InChI=1S/C13H18FNOS/c1-3-6-15-12-7-9(2)17(16)13-5-4-10(14)8-11(12)13/h4-5,8-9,12,15H,3,6-7H2,1-2H3. The summed E-state index contributed by atoms with van der Waals surface area (Å²) in [4.78, 5) is 0.791. The number of rotatable bonds is 3. The van der Waals surface area contributed by atoms with Crippen LogP contribution in [0.15, 0.2) is 23.1 Å². The van der Waals surface area contributed by atoms with Crippen LogP contribution in [-0.2, 0) is 10.8 Å². The molecule has 1 aromatic rings. The van der Waals surface area contributed by atoms with Gasteiger partial charge in [0, 0.05) is 16.2 Å². The monoisotopic (exact) mass is 255 g/mol. The molecule has 0 radical (unpaired) electrons. The molecule has 3 unspecified atom stereocenters. The topological polar surface area (TPSA) is 29.1 Å². The van der Waals surface area contributed by atoms with Gasteiger partial charge < -0.3 is 5.32 Å². The van der Waals surface area contributed by atoms with Crippen LogP contribution in [0, 0.1) is 5.82 Å². The molecular weight excluding hydrogens is 237 g/mol. The summed E-state index contributed by atoms with van der Waals surface area (Å²) in [6, 6.07) is 4.71. The average molecular weight is 255 g/mol. The molecule has 0 aromatic heterocycles. The van der Waals surface area contributed by atoms with E-state index in [-0.39, 0.29) is 17.1 Å². The van der Waals surface area contributed by atoms with E-state index in [0.29, 0.717) is 0 Å². The second-order valence-electron chi connectivity index (χ2n) is 4.53. The van der Waals surface area contributed by atoms with Crippen LogP contribution in [0.4, 0.5) is 4.39 Å². The Morgan fingerprint density at radius 1 is 1.53 bits per heavy atom. The Labute approximate surface area is 104 Å². The second-order valence-corrected chi connectivity index (χ2v) is 6.37. The highest BCUT2D eigenvalue weighted by atomic mass is 32.2. The summed E-state index contributed by atoms with van der Waals surface area (Å²) >= 11 is 0. The zero-order valence-corrected chi connectivity index (χ0v) is 11.0. The Bertz CT molecular complexity index is 435. The van der Waals surface area contributed by atoms with Gasteiger partial charge in [0.05, 0.1) is 10.8 Å². The van der Waals surface area contributed by atoms with E-state index in [2.05, 4.69) is 12.2 Å². The Balaban J connectivity index is 2.35. The predicted octanol–water partition coefficient (Wildman–Crippen LogP) is 2.77. The van der Waals surface area contributed by atoms with Crippen LogP contribution in [0.25, 0.3) is 0 Å². The normalized spacial score (nSPS) is 27.8. The fraction of sp³-hybridized carbons (Fsp3) is 0.538. The third-order valence-electron chi connectivity index (χ3n) is 3.14. The summed E-state index contributed by atoms with van der Waals surface area (Å²) in [6.07, 6.45) is 1.85. The lowest BCUT2D eigenvalue weighted by molar-refractivity contribution is 0.474. The molecule has 1 aromatic carbocycles. The van der Waals surface area contributed by atoms with Crippen molar-refractivity contribution in [1.82, 2.24) is 5.32 Å².